The number of nitrogens with one attached hydrogen (secondary N) is 2. The van der Waals surface area contributed by atoms with Crippen molar-refractivity contribution in [3.8, 4) is 0 Å². The van der Waals surface area contributed by atoms with Crippen LogP contribution in [0.3, 0.4) is 0 Å². The molecule has 0 aromatic rings. The highest BCUT2D eigenvalue weighted by atomic mass is 19.1. The third-order valence-corrected chi connectivity index (χ3v) is 2.64. The Morgan fingerprint density at radius 1 is 1.29 bits per heavy atom. The molecular weight excluding hydrogens is 186 g/mol. The number of halogens is 2. The summed E-state index contributed by atoms with van der Waals surface area (Å²) in [6.45, 7) is 2.47. The second-order valence-electron chi connectivity index (χ2n) is 3.66. The zero-order chi connectivity index (χ0) is 9.97. The van der Waals surface area contributed by atoms with E-state index in [-0.39, 0.29) is 18.3 Å². The predicted octanol–water partition coefficient (Wildman–Crippen LogP) is 1.07. The maximum Gasteiger partial charge on any atom is 0.129 e. The molecule has 2 aliphatic rings. The topological polar surface area (TPSA) is 24.1 Å². The molecule has 4 heteroatoms. The van der Waals surface area contributed by atoms with Crippen LogP contribution in [-0.2, 0) is 0 Å². The van der Waals surface area contributed by atoms with E-state index in [0.29, 0.717) is 5.57 Å². The lowest BCUT2D eigenvalue weighted by atomic mass is 9.94. The first-order valence-electron chi connectivity index (χ1n) is 4.91. The first-order valence-corrected chi connectivity index (χ1v) is 4.91. The Balaban J connectivity index is 2.08. The highest BCUT2D eigenvalue weighted by Crippen LogP contribution is 2.25. The maximum absolute atomic E-state index is 13.5. The van der Waals surface area contributed by atoms with Crippen molar-refractivity contribution in [1.29, 1.82) is 0 Å². The van der Waals surface area contributed by atoms with E-state index < -0.39 is 6.17 Å². The van der Waals surface area contributed by atoms with Gasteiger partial charge in [-0.15, -0.1) is 0 Å². The van der Waals surface area contributed by atoms with Crippen LogP contribution in [0.25, 0.3) is 0 Å². The second-order valence-corrected chi connectivity index (χ2v) is 3.66. The number of alkyl halides is 1. The third-order valence-electron chi connectivity index (χ3n) is 2.64. The zero-order valence-electron chi connectivity index (χ0n) is 7.89. The maximum atomic E-state index is 13.5. The van der Waals surface area contributed by atoms with Gasteiger partial charge in [-0.25, -0.2) is 8.78 Å². The lowest BCUT2D eigenvalue weighted by molar-refractivity contribution is 0.318. The van der Waals surface area contributed by atoms with Crippen molar-refractivity contribution >= 4 is 0 Å². The van der Waals surface area contributed by atoms with E-state index in [0.717, 1.165) is 19.6 Å². The lowest BCUT2D eigenvalue weighted by Crippen LogP contribution is -2.50. The van der Waals surface area contributed by atoms with E-state index in [1.165, 1.54) is 6.08 Å². The molecule has 0 aromatic carbocycles. The normalized spacial score (nSPS) is 33.6. The molecule has 1 heterocycles. The SMILES string of the molecule is FC1=CC=C(C2CNCCN2)[C@@H](F)C1. The summed E-state index contributed by atoms with van der Waals surface area (Å²) in [6.07, 6.45) is 1.65. The summed E-state index contributed by atoms with van der Waals surface area (Å²) in [6, 6.07) is 0.0168. The van der Waals surface area contributed by atoms with Crippen molar-refractivity contribution in [2.75, 3.05) is 19.6 Å². The van der Waals surface area contributed by atoms with E-state index in [4.69, 9.17) is 0 Å². The van der Waals surface area contributed by atoms with Crippen LogP contribution in [0.1, 0.15) is 6.42 Å². The van der Waals surface area contributed by atoms with Gasteiger partial charge >= 0.3 is 0 Å². The van der Waals surface area contributed by atoms with Crippen LogP contribution in [0.15, 0.2) is 23.6 Å². The summed E-state index contributed by atoms with van der Waals surface area (Å²) < 4.78 is 26.2. The Hall–Kier alpha value is -0.740. The molecule has 0 aromatic heterocycles. The second kappa shape index (κ2) is 4.19. The molecule has 1 saturated heterocycles. The molecule has 0 spiro atoms. The molecule has 2 rings (SSSR count). The Morgan fingerprint density at radius 2 is 2.14 bits per heavy atom. The van der Waals surface area contributed by atoms with Crippen LogP contribution < -0.4 is 10.6 Å². The van der Waals surface area contributed by atoms with Crippen LogP contribution in [0.5, 0.6) is 0 Å². The van der Waals surface area contributed by atoms with E-state index >= 15 is 0 Å². The van der Waals surface area contributed by atoms with E-state index in [2.05, 4.69) is 10.6 Å². The van der Waals surface area contributed by atoms with Gasteiger partial charge in [0.25, 0.3) is 0 Å². The number of rotatable bonds is 1. The minimum Gasteiger partial charge on any atom is -0.314 e. The number of hydrogen-bond donors (Lipinski definition) is 2. The first kappa shape index (κ1) is 9.80. The third kappa shape index (κ3) is 2.01. The highest BCUT2D eigenvalue weighted by molar-refractivity contribution is 5.29. The first-order chi connectivity index (χ1) is 6.77. The van der Waals surface area contributed by atoms with Crippen LogP contribution in [0, 0.1) is 0 Å². The molecule has 1 aliphatic carbocycles. The van der Waals surface area contributed by atoms with E-state index in [9.17, 15) is 8.78 Å². The molecule has 78 valence electrons. The minimum atomic E-state index is -1.17. The molecule has 2 N–H and O–H groups in total. The molecule has 2 atom stereocenters. The molecular formula is C10H14F2N2. The molecule has 1 aliphatic heterocycles. The number of piperazine rings is 1. The van der Waals surface area contributed by atoms with Crippen molar-refractivity contribution < 1.29 is 8.78 Å². The van der Waals surface area contributed by atoms with E-state index in [1.54, 1.807) is 6.08 Å². The van der Waals surface area contributed by atoms with Crippen molar-refractivity contribution in [3.05, 3.63) is 23.6 Å². The van der Waals surface area contributed by atoms with Crippen LogP contribution >= 0.6 is 0 Å². The Morgan fingerprint density at radius 3 is 2.79 bits per heavy atom. The summed E-state index contributed by atoms with van der Waals surface area (Å²) in [4.78, 5) is 0. The van der Waals surface area contributed by atoms with Gasteiger partial charge < -0.3 is 10.6 Å². The molecule has 2 nitrogen and oxygen atoms in total. The van der Waals surface area contributed by atoms with Crippen molar-refractivity contribution in [1.82, 2.24) is 10.6 Å². The van der Waals surface area contributed by atoms with Gasteiger partial charge in [0.2, 0.25) is 0 Å². The average Bonchev–Trinajstić information content (AvgIpc) is 2.19. The summed E-state index contributed by atoms with van der Waals surface area (Å²) in [5, 5.41) is 6.39. The monoisotopic (exact) mass is 200 g/mol. The fourth-order valence-electron chi connectivity index (χ4n) is 1.87. The Bertz CT molecular complexity index is 267. The van der Waals surface area contributed by atoms with Crippen molar-refractivity contribution in [3.63, 3.8) is 0 Å². The Labute approximate surface area is 82.1 Å². The summed E-state index contributed by atoms with van der Waals surface area (Å²) in [5.41, 5.74) is 0.665. The fraction of sp³-hybridized carbons (Fsp3) is 0.600. The van der Waals surface area contributed by atoms with Gasteiger partial charge in [0, 0.05) is 32.1 Å². The molecule has 0 bridgehead atoms. The van der Waals surface area contributed by atoms with Crippen molar-refractivity contribution in [2.45, 2.75) is 18.6 Å². The average molecular weight is 200 g/mol. The van der Waals surface area contributed by atoms with Gasteiger partial charge in [0.1, 0.15) is 12.0 Å². The van der Waals surface area contributed by atoms with Gasteiger partial charge in [0.05, 0.1) is 0 Å². The highest BCUT2D eigenvalue weighted by Gasteiger charge is 2.26. The minimum absolute atomic E-state index is 0.0168. The molecule has 1 unspecified atom stereocenters. The molecule has 0 amide bonds. The zero-order valence-corrected chi connectivity index (χ0v) is 7.89. The standard InChI is InChI=1S/C10H14F2N2/c11-7-1-2-8(9(12)5-7)10-6-13-3-4-14-10/h1-2,9-10,13-14H,3-6H2/t9-,10?/m0/s1. The number of allylic oxidation sites excluding steroid dienone is 3. The van der Waals surface area contributed by atoms with Crippen LogP contribution in [0.2, 0.25) is 0 Å². The van der Waals surface area contributed by atoms with E-state index in [1.807, 2.05) is 0 Å². The smallest absolute Gasteiger partial charge is 0.129 e. The molecule has 14 heavy (non-hydrogen) atoms. The van der Waals surface area contributed by atoms with Crippen molar-refractivity contribution in [2.24, 2.45) is 0 Å². The Kier molecular flexibility index (Phi) is 2.93. The largest absolute Gasteiger partial charge is 0.314 e. The molecule has 1 fully saturated rings. The fourth-order valence-corrected chi connectivity index (χ4v) is 1.87. The molecule has 0 saturated carbocycles. The summed E-state index contributed by atoms with van der Waals surface area (Å²) >= 11 is 0. The summed E-state index contributed by atoms with van der Waals surface area (Å²) in [5.74, 6) is -0.370. The van der Waals surface area contributed by atoms with Gasteiger partial charge in [0.15, 0.2) is 0 Å². The van der Waals surface area contributed by atoms with Crippen LogP contribution in [-0.4, -0.2) is 31.8 Å². The van der Waals surface area contributed by atoms with Gasteiger partial charge in [-0.1, -0.05) is 6.08 Å². The lowest BCUT2D eigenvalue weighted by Gasteiger charge is -2.29. The number of hydrogen-bond acceptors (Lipinski definition) is 2. The van der Waals surface area contributed by atoms with Gasteiger partial charge in [-0.2, -0.15) is 0 Å². The summed E-state index contributed by atoms with van der Waals surface area (Å²) in [7, 11) is 0. The van der Waals surface area contributed by atoms with Gasteiger partial charge in [-0.3, -0.25) is 0 Å². The predicted molar refractivity (Wildman–Crippen MR) is 51.4 cm³/mol. The quantitative estimate of drug-likeness (QED) is 0.661. The van der Waals surface area contributed by atoms with Gasteiger partial charge in [-0.05, 0) is 11.6 Å². The molecule has 0 radical (unpaired) electrons. The van der Waals surface area contributed by atoms with Crippen LogP contribution in [0.4, 0.5) is 8.78 Å².